The van der Waals surface area contributed by atoms with Crippen molar-refractivity contribution in [3.05, 3.63) is 51.7 Å². The molecule has 0 spiro atoms. The molecule has 14 heteroatoms. The number of ether oxygens (including phenoxy) is 3. The zero-order valence-corrected chi connectivity index (χ0v) is 25.4. The summed E-state index contributed by atoms with van der Waals surface area (Å²) in [6.07, 6.45) is 0.203. The van der Waals surface area contributed by atoms with Gasteiger partial charge in [0, 0.05) is 7.05 Å². The Kier molecular flexibility index (Phi) is 11.3. The van der Waals surface area contributed by atoms with Gasteiger partial charge in [-0.15, -0.1) is 21.5 Å². The molecular formula is C27H33N5O7S2. The van der Waals surface area contributed by atoms with Crippen molar-refractivity contribution in [2.75, 3.05) is 25.6 Å². The number of carbonyl (C=O) groups is 4. The van der Waals surface area contributed by atoms with E-state index in [1.165, 1.54) is 0 Å². The Hall–Kier alpha value is -3.91. The van der Waals surface area contributed by atoms with E-state index >= 15 is 0 Å². The van der Waals surface area contributed by atoms with Gasteiger partial charge in [-0.3, -0.25) is 9.59 Å². The Balaban J connectivity index is 1.64. The van der Waals surface area contributed by atoms with Gasteiger partial charge >= 0.3 is 11.9 Å². The quantitative estimate of drug-likeness (QED) is 0.219. The second-order valence-corrected chi connectivity index (χ2v) is 11.0. The number of thiophene rings is 1. The molecule has 12 nitrogen and oxygen atoms in total. The second kappa shape index (κ2) is 14.6. The van der Waals surface area contributed by atoms with Crippen LogP contribution < -0.4 is 15.4 Å². The van der Waals surface area contributed by atoms with Crippen molar-refractivity contribution in [2.24, 2.45) is 7.05 Å². The average Bonchev–Trinajstić information content (AvgIpc) is 3.46. The molecule has 2 amide bonds. The average molecular weight is 604 g/mol. The van der Waals surface area contributed by atoms with Gasteiger partial charge in [0.25, 0.3) is 0 Å². The largest absolute Gasteiger partial charge is 0.497 e. The highest BCUT2D eigenvalue weighted by molar-refractivity contribution is 8.00. The highest BCUT2D eigenvalue weighted by atomic mass is 32.2. The SMILES string of the molecule is CCOC(=O)c1sc(NC(=O)[C@H](C)Sc2nnc(CNC(=O)Cc3ccc(OC)cc3)n2C)c(C(=O)OCC)c1C. The molecule has 0 saturated heterocycles. The molecule has 1 aromatic carbocycles. The third kappa shape index (κ3) is 8.07. The number of rotatable bonds is 13. The first-order valence-corrected chi connectivity index (χ1v) is 14.5. The summed E-state index contributed by atoms with van der Waals surface area (Å²) in [7, 11) is 3.32. The minimum Gasteiger partial charge on any atom is -0.497 e. The van der Waals surface area contributed by atoms with Crippen molar-refractivity contribution < 1.29 is 33.4 Å². The monoisotopic (exact) mass is 603 g/mol. The van der Waals surface area contributed by atoms with E-state index in [2.05, 4.69) is 20.8 Å². The van der Waals surface area contributed by atoms with Gasteiger partial charge < -0.3 is 29.4 Å². The van der Waals surface area contributed by atoms with E-state index in [0.717, 1.165) is 28.7 Å². The van der Waals surface area contributed by atoms with E-state index in [-0.39, 0.29) is 47.5 Å². The minimum atomic E-state index is -0.640. The first-order valence-electron chi connectivity index (χ1n) is 12.8. The normalized spacial score (nSPS) is 11.5. The van der Waals surface area contributed by atoms with Crippen molar-refractivity contribution >= 4 is 51.9 Å². The molecule has 0 aliphatic rings. The fraction of sp³-hybridized carbons (Fsp3) is 0.407. The van der Waals surface area contributed by atoms with E-state index in [1.54, 1.807) is 58.6 Å². The van der Waals surface area contributed by atoms with Crippen LogP contribution in [0.3, 0.4) is 0 Å². The molecule has 1 atom stereocenters. The number of methoxy groups -OCH3 is 1. The Labute approximate surface area is 246 Å². The predicted molar refractivity (Wildman–Crippen MR) is 154 cm³/mol. The Morgan fingerprint density at radius 3 is 2.34 bits per heavy atom. The Bertz CT molecular complexity index is 1400. The number of nitrogens with zero attached hydrogens (tertiary/aromatic N) is 3. The number of carbonyl (C=O) groups excluding carboxylic acids is 4. The van der Waals surface area contributed by atoms with Crippen LogP contribution in [0.5, 0.6) is 5.75 Å². The summed E-state index contributed by atoms with van der Waals surface area (Å²) in [4.78, 5) is 50.7. The van der Waals surface area contributed by atoms with E-state index in [4.69, 9.17) is 14.2 Å². The van der Waals surface area contributed by atoms with Gasteiger partial charge in [0.2, 0.25) is 11.8 Å². The Morgan fingerprint density at radius 2 is 1.71 bits per heavy atom. The molecule has 2 aromatic heterocycles. The zero-order chi connectivity index (χ0) is 30.1. The minimum absolute atomic E-state index is 0.122. The lowest BCUT2D eigenvalue weighted by atomic mass is 10.1. The van der Waals surface area contributed by atoms with Gasteiger partial charge in [0.15, 0.2) is 11.0 Å². The lowest BCUT2D eigenvalue weighted by Crippen LogP contribution is -2.26. The van der Waals surface area contributed by atoms with E-state index in [1.807, 2.05) is 12.1 Å². The number of anilines is 1. The summed E-state index contributed by atoms with van der Waals surface area (Å²) < 4.78 is 17.1. The molecule has 220 valence electrons. The van der Waals surface area contributed by atoms with Crippen LogP contribution in [-0.2, 0) is 39.1 Å². The van der Waals surface area contributed by atoms with Gasteiger partial charge in [-0.05, 0) is 51.0 Å². The number of hydrogen-bond acceptors (Lipinski definition) is 11. The molecule has 2 N–H and O–H groups in total. The number of nitrogens with one attached hydrogen (secondary N) is 2. The summed E-state index contributed by atoms with van der Waals surface area (Å²) in [5, 5.41) is 13.9. The fourth-order valence-corrected chi connectivity index (χ4v) is 5.56. The Morgan fingerprint density at radius 1 is 1.05 bits per heavy atom. The van der Waals surface area contributed by atoms with Crippen LogP contribution in [0.4, 0.5) is 5.00 Å². The number of hydrogen-bond donors (Lipinski definition) is 2. The molecule has 0 fully saturated rings. The van der Waals surface area contributed by atoms with Crippen molar-refractivity contribution in [3.8, 4) is 5.75 Å². The highest BCUT2D eigenvalue weighted by Gasteiger charge is 2.29. The molecule has 0 radical (unpaired) electrons. The first-order chi connectivity index (χ1) is 19.6. The molecule has 0 bridgehead atoms. The lowest BCUT2D eigenvalue weighted by molar-refractivity contribution is -0.120. The van der Waals surface area contributed by atoms with Gasteiger partial charge in [-0.1, -0.05) is 23.9 Å². The van der Waals surface area contributed by atoms with Crippen LogP contribution in [0.15, 0.2) is 29.4 Å². The molecule has 0 aliphatic heterocycles. The third-order valence-electron chi connectivity index (χ3n) is 5.87. The van der Waals surface area contributed by atoms with E-state index in [0.29, 0.717) is 22.3 Å². The van der Waals surface area contributed by atoms with Gasteiger partial charge in [-0.2, -0.15) is 0 Å². The summed E-state index contributed by atoms with van der Waals surface area (Å²) in [5.41, 5.74) is 1.35. The molecule has 3 aromatic rings. The first kappa shape index (κ1) is 31.6. The van der Waals surface area contributed by atoms with Crippen LogP contribution in [0.25, 0.3) is 0 Å². The van der Waals surface area contributed by atoms with Crippen LogP contribution in [0.2, 0.25) is 0 Å². The lowest BCUT2D eigenvalue weighted by Gasteiger charge is -2.12. The molecule has 41 heavy (non-hydrogen) atoms. The van der Waals surface area contributed by atoms with Crippen molar-refractivity contribution in [1.82, 2.24) is 20.1 Å². The summed E-state index contributed by atoms with van der Waals surface area (Å²) in [6, 6.07) is 7.24. The van der Waals surface area contributed by atoms with E-state index in [9.17, 15) is 19.2 Å². The van der Waals surface area contributed by atoms with E-state index < -0.39 is 23.1 Å². The third-order valence-corrected chi connectivity index (χ3v) is 8.19. The highest BCUT2D eigenvalue weighted by Crippen LogP contribution is 2.35. The standard InChI is InChI=1S/C27H33N5O7S2/c1-7-38-25(35)21-15(3)22(26(36)39-8-2)41-24(21)29-23(34)16(4)40-27-31-30-19(32(27)5)14-28-20(33)13-17-9-11-18(37-6)12-10-17/h9-12,16H,7-8,13-14H2,1-6H3,(H,28,33)(H,29,34)/t16-/m0/s1. The molecular weight excluding hydrogens is 570 g/mol. The molecule has 2 heterocycles. The molecule has 3 rings (SSSR count). The maximum absolute atomic E-state index is 13.1. The molecule has 0 unspecified atom stereocenters. The zero-order valence-electron chi connectivity index (χ0n) is 23.7. The smallest absolute Gasteiger partial charge is 0.348 e. The topological polar surface area (TPSA) is 151 Å². The van der Waals surface area contributed by atoms with Gasteiger partial charge in [0.05, 0.1) is 44.1 Å². The van der Waals surface area contributed by atoms with Crippen LogP contribution in [-0.4, -0.2) is 64.1 Å². The summed E-state index contributed by atoms with van der Waals surface area (Å²) in [5.74, 6) is -0.570. The van der Waals surface area contributed by atoms with Crippen molar-refractivity contribution in [1.29, 1.82) is 0 Å². The maximum Gasteiger partial charge on any atom is 0.348 e. The maximum atomic E-state index is 13.1. The van der Waals surface area contributed by atoms with Crippen molar-refractivity contribution in [3.63, 3.8) is 0 Å². The van der Waals surface area contributed by atoms with Gasteiger partial charge in [-0.25, -0.2) is 9.59 Å². The van der Waals surface area contributed by atoms with Crippen molar-refractivity contribution in [2.45, 2.75) is 51.1 Å². The van der Waals surface area contributed by atoms with Crippen LogP contribution >= 0.6 is 23.1 Å². The second-order valence-electron chi connectivity index (χ2n) is 8.71. The summed E-state index contributed by atoms with van der Waals surface area (Å²) in [6.45, 7) is 7.12. The molecule has 0 aliphatic carbocycles. The number of thioether (sulfide) groups is 1. The fourth-order valence-electron chi connectivity index (χ4n) is 3.64. The number of benzene rings is 1. The summed E-state index contributed by atoms with van der Waals surface area (Å²) >= 11 is 2.12. The number of amides is 2. The van der Waals surface area contributed by atoms with Crippen LogP contribution in [0.1, 0.15) is 57.8 Å². The predicted octanol–water partition coefficient (Wildman–Crippen LogP) is 3.53. The number of esters is 2. The van der Waals surface area contributed by atoms with Crippen LogP contribution in [0, 0.1) is 6.92 Å². The molecule has 0 saturated carbocycles. The number of aromatic nitrogens is 3. The van der Waals surface area contributed by atoms with Gasteiger partial charge in [0.1, 0.15) is 15.6 Å².